The Morgan fingerprint density at radius 2 is 2.18 bits per heavy atom. The maximum atomic E-state index is 5.22. The van der Waals surface area contributed by atoms with Crippen molar-refractivity contribution in [3.63, 3.8) is 0 Å². The Bertz CT molecular complexity index is 255. The van der Waals surface area contributed by atoms with Gasteiger partial charge in [-0.1, -0.05) is 18.2 Å². The van der Waals surface area contributed by atoms with Gasteiger partial charge in [0.15, 0.2) is 0 Å². The predicted molar refractivity (Wildman–Crippen MR) is 46.9 cm³/mol. The van der Waals surface area contributed by atoms with E-state index < -0.39 is 0 Å². The molecule has 58 valence electrons. The highest BCUT2D eigenvalue weighted by atomic mass is 32.2. The van der Waals surface area contributed by atoms with E-state index in [1.165, 1.54) is 10.5 Å². The molecule has 2 heteroatoms. The summed E-state index contributed by atoms with van der Waals surface area (Å²) in [5.41, 5.74) is 1.35. The molecule has 0 spiro atoms. The molecule has 0 aromatic heterocycles. The average Bonchev–Trinajstić information content (AvgIpc) is 2.87. The van der Waals surface area contributed by atoms with Crippen LogP contribution in [-0.4, -0.2) is 12.9 Å². The van der Waals surface area contributed by atoms with E-state index in [4.69, 9.17) is 4.74 Å². The van der Waals surface area contributed by atoms with E-state index in [0.717, 1.165) is 6.61 Å². The summed E-state index contributed by atoms with van der Waals surface area (Å²) < 4.78 is 5.22. The number of hydrogen-bond acceptors (Lipinski definition) is 2. The molecule has 2 rings (SSSR count). The minimum Gasteiger partial charge on any atom is -0.368 e. The van der Waals surface area contributed by atoms with E-state index >= 15 is 0 Å². The van der Waals surface area contributed by atoms with Gasteiger partial charge in [-0.3, -0.25) is 0 Å². The molecular weight excluding hydrogens is 156 g/mol. The molecule has 0 radical (unpaired) electrons. The molecule has 1 heterocycles. The Kier molecular flexibility index (Phi) is 1.88. The first-order chi connectivity index (χ1) is 5.42. The highest BCUT2D eigenvalue weighted by Gasteiger charge is 2.26. The van der Waals surface area contributed by atoms with Gasteiger partial charge < -0.3 is 4.74 Å². The second-order valence-corrected chi connectivity index (χ2v) is 3.41. The fourth-order valence-electron chi connectivity index (χ4n) is 1.16. The molecule has 0 amide bonds. The van der Waals surface area contributed by atoms with Crippen molar-refractivity contribution in [2.24, 2.45) is 0 Å². The maximum absolute atomic E-state index is 5.22. The molecule has 1 nitrogen and oxygen atoms in total. The van der Waals surface area contributed by atoms with Gasteiger partial charge in [0.05, 0.1) is 6.61 Å². The van der Waals surface area contributed by atoms with E-state index in [1.807, 2.05) is 0 Å². The summed E-state index contributed by atoms with van der Waals surface area (Å²) in [5, 5.41) is 0. The molecule has 11 heavy (non-hydrogen) atoms. The van der Waals surface area contributed by atoms with E-state index in [2.05, 4.69) is 30.5 Å². The van der Waals surface area contributed by atoms with Crippen LogP contribution in [0.3, 0.4) is 0 Å². The van der Waals surface area contributed by atoms with Gasteiger partial charge in [0.25, 0.3) is 0 Å². The molecular formula is C9H10OS. The van der Waals surface area contributed by atoms with Crippen LogP contribution in [0.15, 0.2) is 29.2 Å². The van der Waals surface area contributed by atoms with Crippen molar-refractivity contribution in [3.8, 4) is 0 Å². The van der Waals surface area contributed by atoms with Gasteiger partial charge in [0, 0.05) is 4.90 Å². The fourth-order valence-corrected chi connectivity index (χ4v) is 1.81. The van der Waals surface area contributed by atoms with Crippen LogP contribution < -0.4 is 0 Å². The smallest absolute Gasteiger partial charge is 0.107 e. The zero-order valence-electron chi connectivity index (χ0n) is 6.41. The van der Waals surface area contributed by atoms with Crippen LogP contribution in [0.5, 0.6) is 0 Å². The Labute approximate surface area is 70.8 Å². The largest absolute Gasteiger partial charge is 0.368 e. The Hall–Kier alpha value is -0.470. The Morgan fingerprint density at radius 3 is 2.82 bits per heavy atom. The average molecular weight is 166 g/mol. The van der Waals surface area contributed by atoms with Crippen LogP contribution in [0.2, 0.25) is 0 Å². The second kappa shape index (κ2) is 2.88. The summed E-state index contributed by atoms with van der Waals surface area (Å²) in [6.45, 7) is 0.900. The maximum Gasteiger partial charge on any atom is 0.107 e. The number of hydrogen-bond donors (Lipinski definition) is 0. The standard InChI is InChI=1S/C9H10OS/c1-11-9-5-3-2-4-7(9)8-6-10-8/h2-5,8H,6H2,1H3. The summed E-state index contributed by atoms with van der Waals surface area (Å²) >= 11 is 1.78. The summed E-state index contributed by atoms with van der Waals surface area (Å²) in [4.78, 5) is 1.34. The highest BCUT2D eigenvalue weighted by molar-refractivity contribution is 7.98. The van der Waals surface area contributed by atoms with E-state index in [-0.39, 0.29) is 0 Å². The number of thioether (sulfide) groups is 1. The third-order valence-electron chi connectivity index (χ3n) is 1.82. The topological polar surface area (TPSA) is 12.5 Å². The van der Waals surface area contributed by atoms with Crippen LogP contribution in [0.4, 0.5) is 0 Å². The lowest BCUT2D eigenvalue weighted by atomic mass is 10.2. The van der Waals surface area contributed by atoms with Crippen molar-refractivity contribution in [1.82, 2.24) is 0 Å². The summed E-state index contributed by atoms with van der Waals surface area (Å²) in [6.07, 6.45) is 2.49. The molecule has 1 aromatic rings. The van der Waals surface area contributed by atoms with Gasteiger partial charge in [-0.2, -0.15) is 0 Å². The monoisotopic (exact) mass is 166 g/mol. The zero-order valence-corrected chi connectivity index (χ0v) is 7.23. The lowest BCUT2D eigenvalue weighted by molar-refractivity contribution is 0.413. The van der Waals surface area contributed by atoms with Crippen LogP contribution in [-0.2, 0) is 4.74 Å². The molecule has 0 aliphatic carbocycles. The zero-order chi connectivity index (χ0) is 7.68. The first-order valence-corrected chi connectivity index (χ1v) is 4.89. The third-order valence-corrected chi connectivity index (χ3v) is 2.63. The predicted octanol–water partition coefficient (Wildman–Crippen LogP) is 2.48. The van der Waals surface area contributed by atoms with Crippen molar-refractivity contribution in [3.05, 3.63) is 29.8 Å². The molecule has 1 atom stereocenters. The number of benzene rings is 1. The fraction of sp³-hybridized carbons (Fsp3) is 0.333. The Balaban J connectivity index is 2.34. The van der Waals surface area contributed by atoms with Gasteiger partial charge in [0.2, 0.25) is 0 Å². The lowest BCUT2D eigenvalue weighted by Gasteiger charge is -2.01. The quantitative estimate of drug-likeness (QED) is 0.494. The van der Waals surface area contributed by atoms with Crippen LogP contribution in [0, 0.1) is 0 Å². The SMILES string of the molecule is CSc1ccccc1C1CO1. The van der Waals surface area contributed by atoms with Gasteiger partial charge in [-0.25, -0.2) is 0 Å². The van der Waals surface area contributed by atoms with Crippen molar-refractivity contribution >= 4 is 11.8 Å². The van der Waals surface area contributed by atoms with Crippen molar-refractivity contribution in [2.45, 2.75) is 11.0 Å². The van der Waals surface area contributed by atoms with Gasteiger partial charge in [-0.15, -0.1) is 11.8 Å². The van der Waals surface area contributed by atoms with Gasteiger partial charge in [-0.05, 0) is 17.9 Å². The van der Waals surface area contributed by atoms with Gasteiger partial charge in [0.1, 0.15) is 6.10 Å². The van der Waals surface area contributed by atoms with Gasteiger partial charge >= 0.3 is 0 Å². The molecule has 1 saturated heterocycles. The number of ether oxygens (including phenoxy) is 1. The minimum absolute atomic E-state index is 0.388. The lowest BCUT2D eigenvalue weighted by Crippen LogP contribution is -1.83. The summed E-state index contributed by atoms with van der Waals surface area (Å²) in [6, 6.07) is 8.42. The minimum atomic E-state index is 0.388. The van der Waals surface area contributed by atoms with Crippen molar-refractivity contribution in [2.75, 3.05) is 12.9 Å². The molecule has 1 unspecified atom stereocenters. The normalized spacial score (nSPS) is 21.7. The van der Waals surface area contributed by atoms with E-state index in [1.54, 1.807) is 11.8 Å². The molecule has 1 aromatic carbocycles. The molecule has 1 aliphatic heterocycles. The van der Waals surface area contributed by atoms with Crippen LogP contribution >= 0.6 is 11.8 Å². The Morgan fingerprint density at radius 1 is 1.45 bits per heavy atom. The van der Waals surface area contributed by atoms with E-state index in [9.17, 15) is 0 Å². The second-order valence-electron chi connectivity index (χ2n) is 2.56. The van der Waals surface area contributed by atoms with Crippen molar-refractivity contribution < 1.29 is 4.74 Å². The summed E-state index contributed by atoms with van der Waals surface area (Å²) in [7, 11) is 0. The van der Waals surface area contributed by atoms with Crippen LogP contribution in [0.25, 0.3) is 0 Å². The number of rotatable bonds is 2. The molecule has 1 fully saturated rings. The molecule has 1 aliphatic rings. The third kappa shape index (κ3) is 1.42. The summed E-state index contributed by atoms with van der Waals surface area (Å²) in [5.74, 6) is 0. The molecule has 0 bridgehead atoms. The van der Waals surface area contributed by atoms with E-state index in [0.29, 0.717) is 6.10 Å². The molecule has 0 saturated carbocycles. The number of epoxide rings is 1. The first-order valence-electron chi connectivity index (χ1n) is 3.66. The van der Waals surface area contributed by atoms with Crippen molar-refractivity contribution in [1.29, 1.82) is 0 Å². The molecule has 0 N–H and O–H groups in total. The first kappa shape index (κ1) is 7.19. The highest BCUT2D eigenvalue weighted by Crippen LogP contribution is 2.35. The van der Waals surface area contributed by atoms with Crippen LogP contribution in [0.1, 0.15) is 11.7 Å².